The SMILES string of the molecule is CCC(C)OC(=O)C(N)Cc1ccccc1. The summed E-state index contributed by atoms with van der Waals surface area (Å²) in [5, 5.41) is 0. The van der Waals surface area contributed by atoms with Gasteiger partial charge in [0.25, 0.3) is 0 Å². The van der Waals surface area contributed by atoms with E-state index in [4.69, 9.17) is 10.5 Å². The molecule has 1 rings (SSSR count). The topological polar surface area (TPSA) is 52.3 Å². The third-order valence-electron chi connectivity index (χ3n) is 2.49. The van der Waals surface area contributed by atoms with E-state index in [1.165, 1.54) is 0 Å². The van der Waals surface area contributed by atoms with Crippen molar-refractivity contribution in [3.8, 4) is 0 Å². The van der Waals surface area contributed by atoms with Gasteiger partial charge >= 0.3 is 5.97 Å². The van der Waals surface area contributed by atoms with E-state index in [1.807, 2.05) is 44.2 Å². The van der Waals surface area contributed by atoms with Crippen LogP contribution in [0.4, 0.5) is 0 Å². The molecule has 2 N–H and O–H groups in total. The van der Waals surface area contributed by atoms with Gasteiger partial charge in [-0.1, -0.05) is 37.3 Å². The lowest BCUT2D eigenvalue weighted by molar-refractivity contribution is -0.149. The molecule has 0 amide bonds. The highest BCUT2D eigenvalue weighted by Gasteiger charge is 2.17. The van der Waals surface area contributed by atoms with Gasteiger partial charge in [0.2, 0.25) is 0 Å². The molecule has 0 aliphatic carbocycles. The normalized spacial score (nSPS) is 14.2. The van der Waals surface area contributed by atoms with Crippen LogP contribution in [-0.2, 0) is 16.0 Å². The van der Waals surface area contributed by atoms with E-state index < -0.39 is 6.04 Å². The van der Waals surface area contributed by atoms with Crippen LogP contribution in [0.15, 0.2) is 30.3 Å². The van der Waals surface area contributed by atoms with Gasteiger partial charge in [-0.2, -0.15) is 0 Å². The number of nitrogens with two attached hydrogens (primary N) is 1. The van der Waals surface area contributed by atoms with Crippen molar-refractivity contribution in [2.24, 2.45) is 5.73 Å². The van der Waals surface area contributed by atoms with Crippen molar-refractivity contribution in [3.63, 3.8) is 0 Å². The molecule has 0 saturated heterocycles. The minimum atomic E-state index is -0.573. The first-order valence-electron chi connectivity index (χ1n) is 5.63. The third kappa shape index (κ3) is 4.03. The molecule has 0 aromatic heterocycles. The van der Waals surface area contributed by atoms with Gasteiger partial charge in [-0.15, -0.1) is 0 Å². The minimum absolute atomic E-state index is 0.0608. The second-order valence-corrected chi connectivity index (χ2v) is 3.95. The maximum absolute atomic E-state index is 11.6. The van der Waals surface area contributed by atoms with Gasteiger partial charge in [0.05, 0.1) is 6.10 Å². The van der Waals surface area contributed by atoms with Gasteiger partial charge in [0.15, 0.2) is 0 Å². The summed E-state index contributed by atoms with van der Waals surface area (Å²) in [7, 11) is 0. The Morgan fingerprint density at radius 3 is 2.56 bits per heavy atom. The van der Waals surface area contributed by atoms with E-state index in [0.717, 1.165) is 12.0 Å². The predicted octanol–water partition coefficient (Wildman–Crippen LogP) is 1.90. The van der Waals surface area contributed by atoms with Crippen molar-refractivity contribution in [1.29, 1.82) is 0 Å². The van der Waals surface area contributed by atoms with E-state index in [0.29, 0.717) is 6.42 Å². The smallest absolute Gasteiger partial charge is 0.323 e. The number of rotatable bonds is 5. The maximum Gasteiger partial charge on any atom is 0.323 e. The van der Waals surface area contributed by atoms with Gasteiger partial charge < -0.3 is 10.5 Å². The lowest BCUT2D eigenvalue weighted by Gasteiger charge is -2.15. The molecule has 3 heteroatoms. The average Bonchev–Trinajstić information content (AvgIpc) is 2.30. The fourth-order valence-corrected chi connectivity index (χ4v) is 1.32. The summed E-state index contributed by atoms with van der Waals surface area (Å²) in [6, 6.07) is 9.14. The molecule has 16 heavy (non-hydrogen) atoms. The number of carbonyl (C=O) groups excluding carboxylic acids is 1. The largest absolute Gasteiger partial charge is 0.462 e. The van der Waals surface area contributed by atoms with Crippen molar-refractivity contribution in [1.82, 2.24) is 0 Å². The van der Waals surface area contributed by atoms with E-state index in [-0.39, 0.29) is 12.1 Å². The summed E-state index contributed by atoms with van der Waals surface area (Å²) in [5.74, 6) is -0.321. The summed E-state index contributed by atoms with van der Waals surface area (Å²) in [6.45, 7) is 3.84. The zero-order valence-electron chi connectivity index (χ0n) is 9.85. The highest BCUT2D eigenvalue weighted by Crippen LogP contribution is 2.05. The Morgan fingerprint density at radius 2 is 2.00 bits per heavy atom. The number of carbonyl (C=O) groups is 1. The third-order valence-corrected chi connectivity index (χ3v) is 2.49. The molecule has 3 nitrogen and oxygen atoms in total. The summed E-state index contributed by atoms with van der Waals surface area (Å²) in [5.41, 5.74) is 6.83. The molecule has 0 bridgehead atoms. The lowest BCUT2D eigenvalue weighted by atomic mass is 10.1. The first-order valence-corrected chi connectivity index (χ1v) is 5.63. The molecule has 0 fully saturated rings. The second-order valence-electron chi connectivity index (χ2n) is 3.95. The zero-order valence-corrected chi connectivity index (χ0v) is 9.85. The molecule has 0 heterocycles. The van der Waals surface area contributed by atoms with Crippen LogP contribution >= 0.6 is 0 Å². The molecule has 2 unspecified atom stereocenters. The molecule has 0 aliphatic heterocycles. The number of benzene rings is 1. The maximum atomic E-state index is 11.6. The summed E-state index contributed by atoms with van der Waals surface area (Å²) in [6.07, 6.45) is 1.27. The monoisotopic (exact) mass is 221 g/mol. The van der Waals surface area contributed by atoms with Crippen molar-refractivity contribution in [2.45, 2.75) is 38.8 Å². The van der Waals surface area contributed by atoms with Crippen molar-refractivity contribution in [3.05, 3.63) is 35.9 Å². The number of hydrogen-bond acceptors (Lipinski definition) is 3. The fourth-order valence-electron chi connectivity index (χ4n) is 1.32. The molecule has 88 valence electrons. The van der Waals surface area contributed by atoms with Crippen LogP contribution in [0, 0.1) is 0 Å². The summed E-state index contributed by atoms with van der Waals surface area (Å²) >= 11 is 0. The van der Waals surface area contributed by atoms with Crippen LogP contribution in [0.25, 0.3) is 0 Å². The molecule has 1 aromatic rings. The van der Waals surface area contributed by atoms with E-state index in [9.17, 15) is 4.79 Å². The predicted molar refractivity (Wildman–Crippen MR) is 64.0 cm³/mol. The fraction of sp³-hybridized carbons (Fsp3) is 0.462. The van der Waals surface area contributed by atoms with Crippen molar-refractivity contribution in [2.75, 3.05) is 0 Å². The molecule has 1 aromatic carbocycles. The molecule has 0 saturated carbocycles. The number of esters is 1. The molecular weight excluding hydrogens is 202 g/mol. The Bertz CT molecular complexity index is 324. The Kier molecular flexibility index (Phi) is 4.99. The van der Waals surface area contributed by atoms with Gasteiger partial charge in [-0.3, -0.25) is 4.79 Å². The molecule has 0 aliphatic rings. The highest BCUT2D eigenvalue weighted by molar-refractivity contribution is 5.76. The van der Waals surface area contributed by atoms with Gasteiger partial charge in [0.1, 0.15) is 6.04 Å². The Labute approximate surface area is 96.6 Å². The Hall–Kier alpha value is -1.35. The van der Waals surface area contributed by atoms with Gasteiger partial charge in [-0.05, 0) is 25.3 Å². The van der Waals surface area contributed by atoms with E-state index in [1.54, 1.807) is 0 Å². The van der Waals surface area contributed by atoms with Crippen LogP contribution in [0.3, 0.4) is 0 Å². The van der Waals surface area contributed by atoms with E-state index in [2.05, 4.69) is 0 Å². The summed E-state index contributed by atoms with van der Waals surface area (Å²) < 4.78 is 5.17. The average molecular weight is 221 g/mol. The van der Waals surface area contributed by atoms with Crippen molar-refractivity contribution >= 4 is 5.97 Å². The molecular formula is C13H19NO2. The first-order chi connectivity index (χ1) is 7.63. The number of hydrogen-bond donors (Lipinski definition) is 1. The number of ether oxygens (including phenoxy) is 1. The van der Waals surface area contributed by atoms with Gasteiger partial charge in [0, 0.05) is 0 Å². The molecule has 0 spiro atoms. The Morgan fingerprint density at radius 1 is 1.38 bits per heavy atom. The van der Waals surface area contributed by atoms with Crippen LogP contribution in [0.2, 0.25) is 0 Å². The Balaban J connectivity index is 2.46. The van der Waals surface area contributed by atoms with Crippen LogP contribution in [-0.4, -0.2) is 18.1 Å². The van der Waals surface area contributed by atoms with Crippen LogP contribution in [0.5, 0.6) is 0 Å². The second kappa shape index (κ2) is 6.28. The molecule has 2 atom stereocenters. The quantitative estimate of drug-likeness (QED) is 0.773. The van der Waals surface area contributed by atoms with Crippen LogP contribution in [0.1, 0.15) is 25.8 Å². The van der Waals surface area contributed by atoms with Crippen LogP contribution < -0.4 is 5.73 Å². The molecule has 0 radical (unpaired) electrons. The first kappa shape index (κ1) is 12.7. The van der Waals surface area contributed by atoms with E-state index >= 15 is 0 Å². The summed E-state index contributed by atoms with van der Waals surface area (Å²) in [4.78, 5) is 11.6. The minimum Gasteiger partial charge on any atom is -0.462 e. The standard InChI is InChI=1S/C13H19NO2/c1-3-10(2)16-13(15)12(14)9-11-7-5-4-6-8-11/h4-8,10,12H,3,9,14H2,1-2H3. The van der Waals surface area contributed by atoms with Gasteiger partial charge in [-0.25, -0.2) is 0 Å². The van der Waals surface area contributed by atoms with Crippen molar-refractivity contribution < 1.29 is 9.53 Å². The zero-order chi connectivity index (χ0) is 12.0. The highest BCUT2D eigenvalue weighted by atomic mass is 16.5. The lowest BCUT2D eigenvalue weighted by Crippen LogP contribution is -2.36.